The molecule has 2 N–H and O–H groups in total. The van der Waals surface area contributed by atoms with Gasteiger partial charge in [0.25, 0.3) is 11.8 Å². The van der Waals surface area contributed by atoms with E-state index in [0.717, 1.165) is 38.5 Å². The highest BCUT2D eigenvalue weighted by Crippen LogP contribution is 2.24. The molecular formula is C84H160N2O3. The lowest BCUT2D eigenvalue weighted by atomic mass is 10.0. The summed E-state index contributed by atoms with van der Waals surface area (Å²) in [7, 11) is 0. The maximum atomic E-state index is 13.6. The van der Waals surface area contributed by atoms with Gasteiger partial charge >= 0.3 is 0 Å². The zero-order valence-corrected chi connectivity index (χ0v) is 61.1. The van der Waals surface area contributed by atoms with E-state index in [1.165, 1.54) is 411 Å². The van der Waals surface area contributed by atoms with E-state index in [1.54, 1.807) is 0 Å². The SMILES string of the molecule is CCCCCCCCCCCCCCCCCCCCCCCCCCCCCCNC(=O)c1ccc(C(=O)NCCCCCCCCCCCCCCCCCCCCCCCCCCCCCC)c(OCCCCCCCCCCCCCCCC)c1. The number of hydrogen-bond donors (Lipinski definition) is 2. The van der Waals surface area contributed by atoms with Crippen LogP contribution in [0.4, 0.5) is 0 Å². The van der Waals surface area contributed by atoms with Crippen LogP contribution in [0.25, 0.3) is 0 Å². The molecule has 0 unspecified atom stereocenters. The number of rotatable bonds is 76. The van der Waals surface area contributed by atoms with Crippen LogP contribution in [0.1, 0.15) is 491 Å². The standard InChI is InChI=1S/C84H160N2O3/c1-4-7-10-13-16-19-22-25-28-30-32-34-36-38-40-42-44-46-48-50-52-54-56-59-62-65-68-71-76-85-83(87)80-74-75-81(82(79-80)89-78-73-70-67-64-61-58-27-24-21-18-15-12-9-6-3)84(88)86-77-72-69-66-63-60-57-55-53-51-49-47-45-43-41-39-37-35-33-31-29-26-23-20-17-14-11-8-5-2/h74-75,79H,4-73,76-78H2,1-3H3,(H,85,87)(H,86,88). The molecule has 89 heavy (non-hydrogen) atoms. The Labute approximate surface area is 558 Å². The molecule has 0 fully saturated rings. The second kappa shape index (κ2) is 73.4. The summed E-state index contributed by atoms with van der Waals surface area (Å²) in [6.07, 6.45) is 96.8. The van der Waals surface area contributed by atoms with Crippen molar-refractivity contribution in [2.75, 3.05) is 19.7 Å². The van der Waals surface area contributed by atoms with Crippen LogP contribution in [-0.4, -0.2) is 31.5 Å². The molecule has 0 spiro atoms. The first-order valence-corrected chi connectivity index (χ1v) is 41.5. The van der Waals surface area contributed by atoms with Crippen molar-refractivity contribution in [2.24, 2.45) is 0 Å². The van der Waals surface area contributed by atoms with Crippen molar-refractivity contribution < 1.29 is 14.3 Å². The van der Waals surface area contributed by atoms with Crippen molar-refractivity contribution in [1.82, 2.24) is 10.6 Å². The fraction of sp³-hybridized carbons (Fsp3) is 0.905. The van der Waals surface area contributed by atoms with Gasteiger partial charge in [-0.3, -0.25) is 9.59 Å². The molecule has 5 heteroatoms. The molecule has 0 saturated heterocycles. The van der Waals surface area contributed by atoms with Gasteiger partial charge in [0.1, 0.15) is 5.75 Å². The Hall–Kier alpha value is -2.04. The van der Waals surface area contributed by atoms with Crippen LogP contribution in [0.2, 0.25) is 0 Å². The number of nitrogens with one attached hydrogen (secondary N) is 2. The van der Waals surface area contributed by atoms with E-state index in [2.05, 4.69) is 31.4 Å². The second-order valence-electron chi connectivity index (χ2n) is 28.8. The van der Waals surface area contributed by atoms with Gasteiger partial charge < -0.3 is 15.4 Å². The largest absolute Gasteiger partial charge is 0.493 e. The molecule has 0 bridgehead atoms. The summed E-state index contributed by atoms with van der Waals surface area (Å²) in [6, 6.07) is 5.45. The van der Waals surface area contributed by atoms with Gasteiger partial charge in [0.05, 0.1) is 12.2 Å². The smallest absolute Gasteiger partial charge is 0.255 e. The van der Waals surface area contributed by atoms with Crippen LogP contribution in [0.3, 0.4) is 0 Å². The summed E-state index contributed by atoms with van der Waals surface area (Å²) in [4.78, 5) is 27.0. The predicted molar refractivity (Wildman–Crippen MR) is 397 cm³/mol. The van der Waals surface area contributed by atoms with Crippen molar-refractivity contribution in [3.63, 3.8) is 0 Å². The van der Waals surface area contributed by atoms with Crippen LogP contribution in [-0.2, 0) is 0 Å². The van der Waals surface area contributed by atoms with E-state index >= 15 is 0 Å². The van der Waals surface area contributed by atoms with Gasteiger partial charge in [0, 0.05) is 18.7 Å². The molecule has 2 amide bonds. The summed E-state index contributed by atoms with van der Waals surface area (Å²) < 4.78 is 6.35. The highest BCUT2D eigenvalue weighted by atomic mass is 16.5. The third-order valence-corrected chi connectivity index (χ3v) is 19.9. The summed E-state index contributed by atoms with van der Waals surface area (Å²) in [5.74, 6) is 0.388. The molecule has 524 valence electrons. The first-order chi connectivity index (χ1) is 44.1. The van der Waals surface area contributed by atoms with Crippen LogP contribution >= 0.6 is 0 Å². The number of benzene rings is 1. The van der Waals surface area contributed by atoms with Gasteiger partial charge in [-0.05, 0) is 37.5 Å². The monoisotopic (exact) mass is 1250 g/mol. The highest BCUT2D eigenvalue weighted by molar-refractivity contribution is 6.00. The topological polar surface area (TPSA) is 67.4 Å². The van der Waals surface area contributed by atoms with Gasteiger partial charge in [-0.2, -0.15) is 0 Å². The normalized spacial score (nSPS) is 11.5. The number of carbonyl (C=O) groups is 2. The fourth-order valence-electron chi connectivity index (χ4n) is 13.6. The number of unbranched alkanes of at least 4 members (excludes halogenated alkanes) is 67. The Balaban J connectivity index is 2.20. The van der Waals surface area contributed by atoms with E-state index in [9.17, 15) is 9.59 Å². The average Bonchev–Trinajstić information content (AvgIpc) is 3.75. The number of amides is 2. The molecule has 0 aliphatic rings. The fourth-order valence-corrected chi connectivity index (χ4v) is 13.6. The molecule has 0 aliphatic carbocycles. The van der Waals surface area contributed by atoms with Gasteiger partial charge in [-0.1, -0.05) is 451 Å². The lowest BCUT2D eigenvalue weighted by Gasteiger charge is -2.14. The Morgan fingerprint density at radius 2 is 0.438 bits per heavy atom. The second-order valence-corrected chi connectivity index (χ2v) is 28.8. The molecule has 0 saturated carbocycles. The summed E-state index contributed by atoms with van der Waals surface area (Å²) in [6.45, 7) is 8.85. The third kappa shape index (κ3) is 63.1. The molecule has 0 atom stereocenters. The first-order valence-electron chi connectivity index (χ1n) is 41.5. The summed E-state index contributed by atoms with van der Waals surface area (Å²) >= 11 is 0. The summed E-state index contributed by atoms with van der Waals surface area (Å²) in [5.41, 5.74) is 1.13. The van der Waals surface area contributed by atoms with Crippen LogP contribution in [0.15, 0.2) is 18.2 Å². The van der Waals surface area contributed by atoms with Crippen molar-refractivity contribution >= 4 is 11.8 Å². The van der Waals surface area contributed by atoms with E-state index < -0.39 is 0 Å². The number of carbonyl (C=O) groups excluding carboxylic acids is 2. The van der Waals surface area contributed by atoms with Gasteiger partial charge in [-0.25, -0.2) is 0 Å². The zero-order chi connectivity index (χ0) is 63.7. The van der Waals surface area contributed by atoms with Crippen molar-refractivity contribution in [3.05, 3.63) is 29.3 Å². The molecule has 0 heterocycles. The first kappa shape index (κ1) is 85.0. The molecule has 0 radical (unpaired) electrons. The lowest BCUT2D eigenvalue weighted by molar-refractivity contribution is 0.0937. The minimum absolute atomic E-state index is 0.0702. The van der Waals surface area contributed by atoms with Crippen molar-refractivity contribution in [3.8, 4) is 5.75 Å². The zero-order valence-electron chi connectivity index (χ0n) is 61.1. The number of ether oxygens (including phenoxy) is 1. The average molecular weight is 1250 g/mol. The molecule has 5 nitrogen and oxygen atoms in total. The number of hydrogen-bond acceptors (Lipinski definition) is 3. The minimum atomic E-state index is -0.0890. The van der Waals surface area contributed by atoms with Crippen LogP contribution in [0.5, 0.6) is 5.75 Å². The highest BCUT2D eigenvalue weighted by Gasteiger charge is 2.16. The Morgan fingerprint density at radius 3 is 0.663 bits per heavy atom. The quantitative estimate of drug-likeness (QED) is 0.0639. The third-order valence-electron chi connectivity index (χ3n) is 19.9. The van der Waals surface area contributed by atoms with Gasteiger partial charge in [0.2, 0.25) is 0 Å². The molecule has 1 aromatic rings. The van der Waals surface area contributed by atoms with Crippen LogP contribution in [0, 0.1) is 0 Å². The van der Waals surface area contributed by atoms with Crippen molar-refractivity contribution in [2.45, 2.75) is 470 Å². The molecule has 0 aliphatic heterocycles. The van der Waals surface area contributed by atoms with Crippen molar-refractivity contribution in [1.29, 1.82) is 0 Å². The predicted octanol–water partition coefficient (Wildman–Crippen LogP) is 28.9. The van der Waals surface area contributed by atoms with E-state index in [1.807, 2.05) is 18.2 Å². The maximum Gasteiger partial charge on any atom is 0.255 e. The Bertz CT molecular complexity index is 1540. The van der Waals surface area contributed by atoms with E-state index in [4.69, 9.17) is 4.74 Å². The van der Waals surface area contributed by atoms with Crippen LogP contribution < -0.4 is 15.4 Å². The minimum Gasteiger partial charge on any atom is -0.493 e. The molecular weight excluding hydrogens is 1080 g/mol. The van der Waals surface area contributed by atoms with Gasteiger partial charge in [-0.15, -0.1) is 0 Å². The Morgan fingerprint density at radius 1 is 0.247 bits per heavy atom. The Kier molecular flexibility index (Phi) is 70.1. The molecule has 1 aromatic carbocycles. The molecule has 0 aromatic heterocycles. The molecule has 1 rings (SSSR count). The van der Waals surface area contributed by atoms with E-state index in [-0.39, 0.29) is 11.8 Å². The maximum absolute atomic E-state index is 13.6. The van der Waals surface area contributed by atoms with Gasteiger partial charge in [0.15, 0.2) is 0 Å². The summed E-state index contributed by atoms with van der Waals surface area (Å²) in [5, 5.41) is 6.36. The lowest BCUT2D eigenvalue weighted by Crippen LogP contribution is -2.26. The van der Waals surface area contributed by atoms with E-state index in [0.29, 0.717) is 36.6 Å².